The highest BCUT2D eigenvalue weighted by atomic mass is 32.1. The quantitative estimate of drug-likeness (QED) is 0.741. The van der Waals surface area contributed by atoms with Crippen molar-refractivity contribution in [3.8, 4) is 11.1 Å². The molecule has 2 aromatic carbocycles. The average molecular weight is 340 g/mol. The number of rotatable bonds is 4. The molecule has 1 amide bonds. The fourth-order valence-electron chi connectivity index (χ4n) is 2.62. The molecule has 0 fully saturated rings. The van der Waals surface area contributed by atoms with Gasteiger partial charge >= 0.3 is 0 Å². The van der Waals surface area contributed by atoms with Gasteiger partial charge in [-0.05, 0) is 30.2 Å². The molecule has 0 saturated heterocycles. The largest absolute Gasteiger partial charge is 0.390 e. The second-order valence-electron chi connectivity index (χ2n) is 5.45. The van der Waals surface area contributed by atoms with Gasteiger partial charge in [-0.1, -0.05) is 42.5 Å². The van der Waals surface area contributed by atoms with Crippen molar-refractivity contribution in [3.05, 3.63) is 76.4 Å². The van der Waals surface area contributed by atoms with E-state index in [0.29, 0.717) is 17.1 Å². The zero-order valence-electron chi connectivity index (χ0n) is 13.2. The maximum atomic E-state index is 13.2. The van der Waals surface area contributed by atoms with E-state index in [9.17, 15) is 9.18 Å². The van der Waals surface area contributed by atoms with Gasteiger partial charge in [-0.25, -0.2) is 4.39 Å². The number of carbonyl (C=O) groups excluding carboxylic acids is 1. The van der Waals surface area contributed by atoms with Crippen LogP contribution in [0.1, 0.15) is 20.8 Å². The molecule has 0 aliphatic heterocycles. The molecule has 0 saturated carbocycles. The number of nitrogens with two attached hydrogens (primary N) is 1. The van der Waals surface area contributed by atoms with Crippen molar-refractivity contribution in [2.75, 3.05) is 5.73 Å². The standard InChI is InChI=1S/C19H17FN2OS/c1-12-16(14-7-9-15(20)10-8-14)17(18(21)24-12)19(23)22-11-13-5-3-2-4-6-13/h2-10H,11,21H2,1H3,(H,22,23). The number of nitrogen functional groups attached to an aromatic ring is 1. The molecular weight excluding hydrogens is 323 g/mol. The number of carbonyl (C=O) groups is 1. The van der Waals surface area contributed by atoms with Crippen LogP contribution in [0.5, 0.6) is 0 Å². The van der Waals surface area contributed by atoms with Crippen molar-refractivity contribution in [1.82, 2.24) is 5.32 Å². The SMILES string of the molecule is Cc1sc(N)c(C(=O)NCc2ccccc2)c1-c1ccc(F)cc1. The smallest absolute Gasteiger partial charge is 0.255 e. The summed E-state index contributed by atoms with van der Waals surface area (Å²) in [7, 11) is 0. The van der Waals surface area contributed by atoms with E-state index in [4.69, 9.17) is 5.73 Å². The van der Waals surface area contributed by atoms with Crippen LogP contribution in [0.2, 0.25) is 0 Å². The van der Waals surface area contributed by atoms with E-state index < -0.39 is 0 Å². The van der Waals surface area contributed by atoms with Crippen LogP contribution < -0.4 is 11.1 Å². The minimum atomic E-state index is -0.310. The Bertz CT molecular complexity index is 857. The third-order valence-electron chi connectivity index (χ3n) is 3.77. The molecule has 0 radical (unpaired) electrons. The van der Waals surface area contributed by atoms with Gasteiger partial charge in [-0.3, -0.25) is 4.79 Å². The van der Waals surface area contributed by atoms with E-state index in [1.807, 2.05) is 37.3 Å². The van der Waals surface area contributed by atoms with E-state index in [1.54, 1.807) is 12.1 Å². The van der Waals surface area contributed by atoms with Gasteiger partial charge in [-0.2, -0.15) is 0 Å². The van der Waals surface area contributed by atoms with Crippen LogP contribution in [-0.2, 0) is 6.54 Å². The van der Waals surface area contributed by atoms with Crippen molar-refractivity contribution in [3.63, 3.8) is 0 Å². The Morgan fingerprint density at radius 2 is 1.79 bits per heavy atom. The lowest BCUT2D eigenvalue weighted by atomic mass is 10.0. The summed E-state index contributed by atoms with van der Waals surface area (Å²) in [5.41, 5.74) is 9.09. The fourth-order valence-corrected chi connectivity index (χ4v) is 3.57. The average Bonchev–Trinajstić information content (AvgIpc) is 2.88. The molecule has 3 N–H and O–H groups in total. The Morgan fingerprint density at radius 3 is 2.46 bits per heavy atom. The summed E-state index contributed by atoms with van der Waals surface area (Å²) in [6.07, 6.45) is 0. The third kappa shape index (κ3) is 3.31. The topological polar surface area (TPSA) is 55.1 Å². The Kier molecular flexibility index (Phi) is 4.62. The molecule has 5 heteroatoms. The van der Waals surface area contributed by atoms with Crippen molar-refractivity contribution in [2.24, 2.45) is 0 Å². The molecular formula is C19H17FN2OS. The first kappa shape index (κ1) is 16.2. The first-order chi connectivity index (χ1) is 11.6. The number of hydrogen-bond acceptors (Lipinski definition) is 3. The van der Waals surface area contributed by atoms with Gasteiger partial charge in [0.05, 0.1) is 10.6 Å². The van der Waals surface area contributed by atoms with E-state index in [2.05, 4.69) is 5.32 Å². The van der Waals surface area contributed by atoms with Crippen LogP contribution in [0.15, 0.2) is 54.6 Å². The van der Waals surface area contributed by atoms with Gasteiger partial charge < -0.3 is 11.1 Å². The Hall–Kier alpha value is -2.66. The summed E-state index contributed by atoms with van der Waals surface area (Å²) in [5.74, 6) is -0.533. The monoisotopic (exact) mass is 340 g/mol. The van der Waals surface area contributed by atoms with Gasteiger partial charge in [0.2, 0.25) is 0 Å². The Balaban J connectivity index is 1.90. The molecule has 1 heterocycles. The summed E-state index contributed by atoms with van der Waals surface area (Å²) >= 11 is 1.37. The van der Waals surface area contributed by atoms with E-state index in [-0.39, 0.29) is 11.7 Å². The first-order valence-electron chi connectivity index (χ1n) is 7.53. The van der Waals surface area contributed by atoms with Crippen LogP contribution in [-0.4, -0.2) is 5.91 Å². The highest BCUT2D eigenvalue weighted by molar-refractivity contribution is 7.16. The molecule has 3 rings (SSSR count). The highest BCUT2D eigenvalue weighted by Gasteiger charge is 2.21. The molecule has 0 atom stereocenters. The van der Waals surface area contributed by atoms with Crippen LogP contribution >= 0.6 is 11.3 Å². The van der Waals surface area contributed by atoms with Crippen molar-refractivity contribution < 1.29 is 9.18 Å². The summed E-state index contributed by atoms with van der Waals surface area (Å²) in [6.45, 7) is 2.34. The first-order valence-corrected chi connectivity index (χ1v) is 8.35. The predicted molar refractivity (Wildman–Crippen MR) is 96.5 cm³/mol. The molecule has 3 aromatic rings. The molecule has 0 aliphatic carbocycles. The molecule has 24 heavy (non-hydrogen) atoms. The minimum absolute atomic E-state index is 0.222. The normalized spacial score (nSPS) is 10.6. The van der Waals surface area contributed by atoms with Crippen LogP contribution in [0.25, 0.3) is 11.1 Å². The van der Waals surface area contributed by atoms with Crippen molar-refractivity contribution in [1.29, 1.82) is 0 Å². The van der Waals surface area contributed by atoms with Crippen LogP contribution in [0, 0.1) is 12.7 Å². The van der Waals surface area contributed by atoms with E-state index >= 15 is 0 Å². The number of benzene rings is 2. The molecule has 0 unspecified atom stereocenters. The summed E-state index contributed by atoms with van der Waals surface area (Å²) in [6, 6.07) is 15.8. The number of anilines is 1. The summed E-state index contributed by atoms with van der Waals surface area (Å²) in [4.78, 5) is 13.6. The predicted octanol–water partition coefficient (Wildman–Crippen LogP) is 4.37. The Morgan fingerprint density at radius 1 is 1.12 bits per heavy atom. The molecule has 122 valence electrons. The second-order valence-corrected chi connectivity index (χ2v) is 6.70. The zero-order chi connectivity index (χ0) is 17.1. The highest BCUT2D eigenvalue weighted by Crippen LogP contribution is 2.38. The van der Waals surface area contributed by atoms with Gasteiger partial charge in [0.25, 0.3) is 5.91 Å². The number of halogens is 1. The number of aryl methyl sites for hydroxylation is 1. The van der Waals surface area contributed by atoms with Gasteiger partial charge in [-0.15, -0.1) is 11.3 Å². The van der Waals surface area contributed by atoms with Crippen LogP contribution in [0.4, 0.5) is 9.39 Å². The number of thiophene rings is 1. The maximum Gasteiger partial charge on any atom is 0.255 e. The molecule has 0 spiro atoms. The van der Waals surface area contributed by atoms with Gasteiger partial charge in [0.1, 0.15) is 5.82 Å². The molecule has 3 nitrogen and oxygen atoms in total. The van der Waals surface area contributed by atoms with Crippen molar-refractivity contribution >= 4 is 22.2 Å². The van der Waals surface area contributed by atoms with Crippen molar-refractivity contribution in [2.45, 2.75) is 13.5 Å². The van der Waals surface area contributed by atoms with E-state index in [1.165, 1.54) is 23.5 Å². The molecule has 0 aliphatic rings. The number of nitrogens with one attached hydrogen (secondary N) is 1. The minimum Gasteiger partial charge on any atom is -0.390 e. The second kappa shape index (κ2) is 6.84. The lowest BCUT2D eigenvalue weighted by Gasteiger charge is -2.09. The van der Waals surface area contributed by atoms with Crippen LogP contribution in [0.3, 0.4) is 0 Å². The van der Waals surface area contributed by atoms with Gasteiger partial charge in [0, 0.05) is 17.0 Å². The number of hydrogen-bond donors (Lipinski definition) is 2. The van der Waals surface area contributed by atoms with Gasteiger partial charge in [0.15, 0.2) is 0 Å². The lowest BCUT2D eigenvalue weighted by molar-refractivity contribution is 0.0953. The maximum absolute atomic E-state index is 13.2. The molecule has 0 bridgehead atoms. The Labute approximate surface area is 143 Å². The zero-order valence-corrected chi connectivity index (χ0v) is 14.0. The van der Waals surface area contributed by atoms with E-state index in [0.717, 1.165) is 21.6 Å². The third-order valence-corrected chi connectivity index (χ3v) is 4.70. The summed E-state index contributed by atoms with van der Waals surface area (Å²) in [5, 5.41) is 3.37. The summed E-state index contributed by atoms with van der Waals surface area (Å²) < 4.78 is 13.2. The fraction of sp³-hybridized carbons (Fsp3) is 0.105. The lowest BCUT2D eigenvalue weighted by Crippen LogP contribution is -2.23. The molecule has 1 aromatic heterocycles. The number of amides is 1.